The molecule has 6 nitrogen and oxygen atoms in total. The number of carbonyl (C=O) groups excluding carboxylic acids is 1. The van der Waals surface area contributed by atoms with Gasteiger partial charge in [-0.3, -0.25) is 4.79 Å². The maximum atomic E-state index is 13.1. The van der Waals surface area contributed by atoms with Gasteiger partial charge in [0.15, 0.2) is 10.9 Å². The average molecular weight is 459 g/mol. The fourth-order valence-corrected chi connectivity index (χ4v) is 4.99. The van der Waals surface area contributed by atoms with E-state index in [1.54, 1.807) is 18.5 Å². The molecule has 4 aromatic rings. The van der Waals surface area contributed by atoms with Gasteiger partial charge in [0.05, 0.1) is 0 Å². The van der Waals surface area contributed by atoms with Crippen LogP contribution in [0.25, 0.3) is 11.0 Å². The summed E-state index contributed by atoms with van der Waals surface area (Å²) in [6, 6.07) is 17.6. The number of amides is 1. The highest BCUT2D eigenvalue weighted by atomic mass is 32.2. The third kappa shape index (κ3) is 5.26. The Morgan fingerprint density at radius 1 is 1.00 bits per heavy atom. The second kappa shape index (κ2) is 10.2. The van der Waals surface area contributed by atoms with Crippen LogP contribution in [0, 0.1) is 0 Å². The molecule has 1 aliphatic rings. The molecule has 5 rings (SSSR count). The molecular weight excluding hydrogens is 432 g/mol. The van der Waals surface area contributed by atoms with Gasteiger partial charge in [-0.25, -0.2) is 9.97 Å². The number of likely N-dealkylation sites (tertiary alicyclic amines) is 1. The van der Waals surface area contributed by atoms with Crippen LogP contribution in [0.5, 0.6) is 0 Å². The Morgan fingerprint density at radius 2 is 1.76 bits per heavy atom. The zero-order valence-electron chi connectivity index (χ0n) is 18.4. The quantitative estimate of drug-likeness (QED) is 0.281. The van der Waals surface area contributed by atoms with Crippen molar-refractivity contribution in [2.45, 2.75) is 30.2 Å². The first-order valence-electron chi connectivity index (χ1n) is 11.3. The SMILES string of the molecule is O=C(Nc1ccc(CCN2CCCC2)cc1)c1oc2ccccc2c1CSc1ncccn1. The van der Waals surface area contributed by atoms with Gasteiger partial charge in [0.2, 0.25) is 0 Å². The Kier molecular flexibility index (Phi) is 6.69. The van der Waals surface area contributed by atoms with Crippen LogP contribution < -0.4 is 5.32 Å². The number of fused-ring (bicyclic) bond motifs is 1. The fourth-order valence-electron chi connectivity index (χ4n) is 4.16. The van der Waals surface area contributed by atoms with Gasteiger partial charge in [-0.15, -0.1) is 0 Å². The number of thioether (sulfide) groups is 1. The third-order valence-corrected chi connectivity index (χ3v) is 6.82. The van der Waals surface area contributed by atoms with Gasteiger partial charge in [0, 0.05) is 41.3 Å². The number of nitrogens with one attached hydrogen (secondary N) is 1. The number of hydrogen-bond donors (Lipinski definition) is 1. The molecule has 2 aromatic heterocycles. The molecule has 0 bridgehead atoms. The highest BCUT2D eigenvalue weighted by Crippen LogP contribution is 2.31. The molecular formula is C26H26N4O2S. The molecule has 1 amide bonds. The van der Waals surface area contributed by atoms with E-state index in [0.717, 1.165) is 29.6 Å². The van der Waals surface area contributed by atoms with E-state index in [4.69, 9.17) is 4.42 Å². The molecule has 0 spiro atoms. The van der Waals surface area contributed by atoms with Crippen molar-refractivity contribution >= 4 is 34.3 Å². The lowest BCUT2D eigenvalue weighted by atomic mass is 10.1. The summed E-state index contributed by atoms with van der Waals surface area (Å²) in [5, 5.41) is 4.60. The van der Waals surface area contributed by atoms with Crippen LogP contribution in [0.4, 0.5) is 5.69 Å². The van der Waals surface area contributed by atoms with Crippen LogP contribution in [-0.4, -0.2) is 40.4 Å². The Morgan fingerprint density at radius 3 is 2.55 bits per heavy atom. The van der Waals surface area contributed by atoms with Crippen molar-refractivity contribution in [2.75, 3.05) is 25.0 Å². The zero-order valence-corrected chi connectivity index (χ0v) is 19.2. The minimum atomic E-state index is -0.249. The number of aromatic nitrogens is 2. The van der Waals surface area contributed by atoms with Gasteiger partial charge in [0.25, 0.3) is 5.91 Å². The molecule has 33 heavy (non-hydrogen) atoms. The molecule has 1 N–H and O–H groups in total. The van der Waals surface area contributed by atoms with Crippen molar-refractivity contribution in [3.8, 4) is 0 Å². The number of furan rings is 1. The molecule has 0 unspecified atom stereocenters. The smallest absolute Gasteiger partial charge is 0.291 e. The van der Waals surface area contributed by atoms with E-state index in [0.29, 0.717) is 22.3 Å². The highest BCUT2D eigenvalue weighted by Gasteiger charge is 2.21. The fraction of sp³-hybridized carbons (Fsp3) is 0.269. The Labute approximate surface area is 197 Å². The van der Waals surface area contributed by atoms with Crippen molar-refractivity contribution in [3.05, 3.63) is 83.9 Å². The van der Waals surface area contributed by atoms with Crippen LogP contribution in [0.15, 0.2) is 76.6 Å². The molecule has 1 saturated heterocycles. The molecule has 168 valence electrons. The van der Waals surface area contributed by atoms with Gasteiger partial charge in [-0.1, -0.05) is 42.1 Å². The van der Waals surface area contributed by atoms with Crippen molar-refractivity contribution in [2.24, 2.45) is 0 Å². The summed E-state index contributed by atoms with van der Waals surface area (Å²) < 4.78 is 5.97. The third-order valence-electron chi connectivity index (χ3n) is 5.92. The monoisotopic (exact) mass is 458 g/mol. The van der Waals surface area contributed by atoms with E-state index in [9.17, 15) is 4.79 Å². The van der Waals surface area contributed by atoms with Gasteiger partial charge < -0.3 is 14.6 Å². The van der Waals surface area contributed by atoms with Crippen molar-refractivity contribution in [1.82, 2.24) is 14.9 Å². The van der Waals surface area contributed by atoms with Gasteiger partial charge in [0.1, 0.15) is 5.58 Å². The Bertz CT molecular complexity index is 1220. The van der Waals surface area contributed by atoms with Crippen molar-refractivity contribution < 1.29 is 9.21 Å². The summed E-state index contributed by atoms with van der Waals surface area (Å²) in [4.78, 5) is 24.2. The molecule has 0 saturated carbocycles. The summed E-state index contributed by atoms with van der Waals surface area (Å²) in [6.45, 7) is 3.52. The van der Waals surface area contributed by atoms with Crippen LogP contribution >= 0.6 is 11.8 Å². The number of nitrogens with zero attached hydrogens (tertiary/aromatic N) is 3. The Hall–Kier alpha value is -3.16. The molecule has 0 radical (unpaired) electrons. The van der Waals surface area contributed by atoms with E-state index >= 15 is 0 Å². The molecule has 3 heterocycles. The van der Waals surface area contributed by atoms with Gasteiger partial charge in [-0.2, -0.15) is 0 Å². The summed E-state index contributed by atoms with van der Waals surface area (Å²) >= 11 is 1.48. The van der Waals surface area contributed by atoms with Gasteiger partial charge >= 0.3 is 0 Å². The van der Waals surface area contributed by atoms with Crippen LogP contribution in [0.3, 0.4) is 0 Å². The summed E-state index contributed by atoms with van der Waals surface area (Å²) in [7, 11) is 0. The molecule has 1 fully saturated rings. The summed E-state index contributed by atoms with van der Waals surface area (Å²) in [5.41, 5.74) is 3.59. The predicted octanol–water partition coefficient (Wildman–Crippen LogP) is 5.41. The number of hydrogen-bond acceptors (Lipinski definition) is 6. The lowest BCUT2D eigenvalue weighted by molar-refractivity contribution is 0.0998. The summed E-state index contributed by atoms with van der Waals surface area (Å²) in [5.74, 6) is 0.623. The standard InChI is InChI=1S/C26H26N4O2S/c31-25(29-20-10-8-19(9-11-20)12-17-30-15-3-4-16-30)24-22(18-33-26-27-13-5-14-28-26)21-6-1-2-7-23(21)32-24/h1-2,5-11,13-14H,3-4,12,15-18H2,(H,29,31). The number of rotatable bonds is 8. The Balaban J connectivity index is 1.29. The largest absolute Gasteiger partial charge is 0.451 e. The zero-order chi connectivity index (χ0) is 22.5. The number of carbonyl (C=O) groups is 1. The van der Waals surface area contributed by atoms with Crippen molar-refractivity contribution in [1.29, 1.82) is 0 Å². The topological polar surface area (TPSA) is 71.3 Å². The maximum Gasteiger partial charge on any atom is 0.291 e. The summed E-state index contributed by atoms with van der Waals surface area (Å²) in [6.07, 6.45) is 7.08. The molecule has 1 aliphatic heterocycles. The second-order valence-corrected chi connectivity index (χ2v) is 9.12. The van der Waals surface area contributed by atoms with Crippen LogP contribution in [0.2, 0.25) is 0 Å². The normalized spacial score (nSPS) is 14.1. The highest BCUT2D eigenvalue weighted by molar-refractivity contribution is 7.98. The van der Waals surface area contributed by atoms with Gasteiger partial charge in [-0.05, 0) is 62.2 Å². The van der Waals surface area contributed by atoms with E-state index in [-0.39, 0.29) is 5.91 Å². The number of anilines is 1. The van der Waals surface area contributed by atoms with E-state index in [2.05, 4.69) is 32.3 Å². The predicted molar refractivity (Wildman–Crippen MR) is 132 cm³/mol. The number of benzene rings is 2. The van der Waals surface area contributed by atoms with E-state index in [1.165, 1.54) is 43.3 Å². The first kappa shape index (κ1) is 21.7. The molecule has 0 aliphatic carbocycles. The van der Waals surface area contributed by atoms with E-state index < -0.39 is 0 Å². The minimum absolute atomic E-state index is 0.249. The van der Waals surface area contributed by atoms with Crippen LogP contribution in [0.1, 0.15) is 34.5 Å². The first-order chi connectivity index (χ1) is 16.3. The lowest BCUT2D eigenvalue weighted by Gasteiger charge is -2.14. The lowest BCUT2D eigenvalue weighted by Crippen LogP contribution is -2.21. The minimum Gasteiger partial charge on any atom is -0.451 e. The van der Waals surface area contributed by atoms with E-state index in [1.807, 2.05) is 36.4 Å². The van der Waals surface area contributed by atoms with Crippen molar-refractivity contribution in [3.63, 3.8) is 0 Å². The number of para-hydroxylation sites is 1. The van der Waals surface area contributed by atoms with Crippen LogP contribution in [-0.2, 0) is 12.2 Å². The molecule has 0 atom stereocenters. The molecule has 7 heteroatoms. The average Bonchev–Trinajstić information content (AvgIpc) is 3.51. The second-order valence-electron chi connectivity index (χ2n) is 8.18. The maximum absolute atomic E-state index is 13.1. The molecule has 2 aromatic carbocycles. The first-order valence-corrected chi connectivity index (χ1v) is 12.3.